The Morgan fingerprint density at radius 1 is 1.13 bits per heavy atom. The average molecular weight is 541 g/mol. The number of piperidine rings is 1. The molecule has 2 aliphatic carbocycles. The Hall–Kier alpha value is -3.10. The van der Waals surface area contributed by atoms with Gasteiger partial charge in [0.15, 0.2) is 11.5 Å². The zero-order valence-corrected chi connectivity index (χ0v) is 22.3. The van der Waals surface area contributed by atoms with Gasteiger partial charge in [-0.25, -0.2) is 0 Å². The van der Waals surface area contributed by atoms with Crippen LogP contribution in [0.2, 0.25) is 0 Å². The van der Waals surface area contributed by atoms with E-state index in [4.69, 9.17) is 9.47 Å². The highest BCUT2D eigenvalue weighted by Crippen LogP contribution is 2.62. The van der Waals surface area contributed by atoms with Gasteiger partial charge in [-0.15, -0.1) is 0 Å². The van der Waals surface area contributed by atoms with E-state index in [0.29, 0.717) is 12.0 Å². The van der Waals surface area contributed by atoms with Gasteiger partial charge in [0.25, 0.3) is 0 Å². The minimum Gasteiger partial charge on any atom is -0.490 e. The second-order valence-corrected chi connectivity index (χ2v) is 10.6. The third kappa shape index (κ3) is 5.12. The molecular weight excluding hydrogens is 505 g/mol. The Kier molecular flexibility index (Phi) is 8.14. The van der Waals surface area contributed by atoms with E-state index < -0.39 is 12.8 Å². The highest BCUT2D eigenvalue weighted by Gasteiger charge is 2.64. The first-order chi connectivity index (χ1) is 18.9. The molecule has 7 rings (SSSR count). The monoisotopic (exact) mass is 540 g/mol. The van der Waals surface area contributed by atoms with E-state index in [0.717, 1.165) is 55.9 Å². The van der Waals surface area contributed by atoms with E-state index in [2.05, 4.69) is 54.2 Å². The third-order valence-electron chi connectivity index (χ3n) is 8.40. The molecular formula is C31H35F3N2O3. The molecule has 208 valence electrons. The highest BCUT2D eigenvalue weighted by molar-refractivity contribution is 5.77. The molecule has 1 aromatic heterocycles. The first kappa shape index (κ1) is 27.5. The minimum absolute atomic E-state index is 0.0849. The number of fused-ring (bicyclic) bond motifs is 1. The van der Waals surface area contributed by atoms with Crippen molar-refractivity contribution in [1.82, 2.24) is 9.88 Å². The zero-order valence-electron chi connectivity index (χ0n) is 22.3. The standard InChI is InChI=1S/C21H27NO3.C9H7N.CHF3/c1-3-4-11-24-17-8-5-13-12-15-14-6-7-16(23)20-21(14,9-10-22(15)2)18(13)19(17)25-20;1-2-6-9-8(4-1)5-3-7-10-9;2-1(3)4/h5-8,14-16,20,23H,3-4,9-12H2,1-2H3;1-7H;1H/t14-,15+,16-,20-,21-;;/m0../s1. The minimum atomic E-state index is -3.67. The molecule has 3 heterocycles. The van der Waals surface area contributed by atoms with Gasteiger partial charge in [-0.05, 0) is 56.6 Å². The van der Waals surface area contributed by atoms with Crippen LogP contribution in [0.5, 0.6) is 11.5 Å². The summed E-state index contributed by atoms with van der Waals surface area (Å²) >= 11 is 0. The summed E-state index contributed by atoms with van der Waals surface area (Å²) in [6.07, 6.45) is 9.55. The number of alkyl halides is 3. The molecule has 8 heteroatoms. The maximum atomic E-state index is 10.7. The van der Waals surface area contributed by atoms with Crippen molar-refractivity contribution in [2.45, 2.75) is 63.0 Å². The van der Waals surface area contributed by atoms with Crippen molar-refractivity contribution in [1.29, 1.82) is 0 Å². The van der Waals surface area contributed by atoms with E-state index in [1.165, 1.54) is 16.5 Å². The van der Waals surface area contributed by atoms with Crippen LogP contribution in [0.25, 0.3) is 10.9 Å². The lowest BCUT2D eigenvalue weighted by Gasteiger charge is -2.56. The molecule has 0 unspecified atom stereocenters. The van der Waals surface area contributed by atoms with Crippen LogP contribution in [0.1, 0.15) is 37.3 Å². The van der Waals surface area contributed by atoms with Crippen LogP contribution < -0.4 is 9.47 Å². The Balaban J connectivity index is 0.000000182. The number of aromatic nitrogens is 1. The van der Waals surface area contributed by atoms with Crippen molar-refractivity contribution < 1.29 is 27.8 Å². The molecule has 2 bridgehead atoms. The number of benzene rings is 2. The van der Waals surface area contributed by atoms with E-state index in [9.17, 15) is 18.3 Å². The quantitative estimate of drug-likeness (QED) is 0.321. The number of likely N-dealkylation sites (tertiary alicyclic amines) is 1. The van der Waals surface area contributed by atoms with Gasteiger partial charge in [0.2, 0.25) is 0 Å². The fourth-order valence-electron chi connectivity index (χ4n) is 6.68. The van der Waals surface area contributed by atoms with E-state index in [1.54, 1.807) is 0 Å². The smallest absolute Gasteiger partial charge is 0.379 e. The van der Waals surface area contributed by atoms with Gasteiger partial charge in [-0.2, -0.15) is 13.2 Å². The Morgan fingerprint density at radius 3 is 2.67 bits per heavy atom. The molecule has 0 saturated carbocycles. The predicted molar refractivity (Wildman–Crippen MR) is 145 cm³/mol. The van der Waals surface area contributed by atoms with Crippen molar-refractivity contribution in [3.05, 3.63) is 78.0 Å². The van der Waals surface area contributed by atoms with Crippen LogP contribution >= 0.6 is 0 Å². The molecule has 1 N–H and O–H groups in total. The first-order valence-corrected chi connectivity index (χ1v) is 13.6. The number of ether oxygens (including phenoxy) is 2. The summed E-state index contributed by atoms with van der Waals surface area (Å²) in [6.45, 7) is 0.283. The second kappa shape index (κ2) is 11.6. The number of hydrogen-bond acceptors (Lipinski definition) is 5. The molecule has 1 spiro atoms. The number of pyridine rings is 1. The van der Waals surface area contributed by atoms with Gasteiger partial charge in [-0.1, -0.05) is 55.8 Å². The Morgan fingerprint density at radius 2 is 1.90 bits per heavy atom. The summed E-state index contributed by atoms with van der Waals surface area (Å²) in [5.74, 6) is 2.19. The normalized spacial score (nSPS) is 27.6. The number of halogens is 3. The van der Waals surface area contributed by atoms with E-state index >= 15 is 0 Å². The van der Waals surface area contributed by atoms with Gasteiger partial charge in [-0.3, -0.25) is 4.98 Å². The lowest BCUT2D eigenvalue weighted by molar-refractivity contribution is -0.0454. The maximum absolute atomic E-state index is 10.7. The fraction of sp³-hybridized carbons (Fsp3) is 0.452. The molecule has 5 nitrogen and oxygen atoms in total. The molecule has 0 radical (unpaired) electrons. The fourth-order valence-corrected chi connectivity index (χ4v) is 6.68. The van der Waals surface area contributed by atoms with Crippen molar-refractivity contribution in [3.63, 3.8) is 0 Å². The van der Waals surface area contributed by atoms with Gasteiger partial charge in [0.1, 0.15) is 12.2 Å². The molecule has 2 aromatic carbocycles. The van der Waals surface area contributed by atoms with Crippen LogP contribution in [-0.4, -0.2) is 60.1 Å². The van der Waals surface area contributed by atoms with Crippen LogP contribution in [-0.2, 0) is 11.8 Å². The second-order valence-electron chi connectivity index (χ2n) is 10.6. The largest absolute Gasteiger partial charge is 0.490 e. The van der Waals surface area contributed by atoms with E-state index in [-0.39, 0.29) is 11.5 Å². The molecule has 0 amide bonds. The van der Waals surface area contributed by atoms with Gasteiger partial charge in [0, 0.05) is 34.5 Å². The molecule has 1 fully saturated rings. The van der Waals surface area contributed by atoms with Gasteiger partial charge in [0.05, 0.1) is 12.1 Å². The summed E-state index contributed by atoms with van der Waals surface area (Å²) in [4.78, 5) is 6.67. The zero-order chi connectivity index (χ0) is 27.6. The van der Waals surface area contributed by atoms with Crippen LogP contribution in [0, 0.1) is 5.92 Å². The molecule has 3 aromatic rings. The molecule has 2 aliphatic heterocycles. The lowest BCUT2D eigenvalue weighted by atomic mass is 9.53. The average Bonchev–Trinajstić information content (AvgIpc) is 3.29. The van der Waals surface area contributed by atoms with Crippen molar-refractivity contribution >= 4 is 10.9 Å². The Bertz CT molecular complexity index is 1250. The topological polar surface area (TPSA) is 54.8 Å². The lowest BCUT2D eigenvalue weighted by Crippen LogP contribution is -2.64. The number of aliphatic hydroxyl groups is 1. The number of aliphatic hydroxyl groups excluding tert-OH is 1. The molecule has 4 aliphatic rings. The predicted octanol–water partition coefficient (Wildman–Crippen LogP) is 6.08. The van der Waals surface area contributed by atoms with Crippen LogP contribution in [0.4, 0.5) is 13.2 Å². The SMILES string of the molecule is CCCCOc1ccc2c3c1O[C@H]1[C@@H](O)C=C[C@H]4[C@@H](C2)N(C)CC[C@@]341.FC(F)F.c1ccc2ncccc2c1. The summed E-state index contributed by atoms with van der Waals surface area (Å²) in [5.41, 5.74) is 3.70. The summed E-state index contributed by atoms with van der Waals surface area (Å²) in [6, 6.07) is 16.9. The maximum Gasteiger partial charge on any atom is 0.379 e. The number of nitrogens with zero attached hydrogens (tertiary/aromatic N) is 2. The summed E-state index contributed by atoms with van der Waals surface area (Å²) in [7, 11) is 2.23. The molecule has 39 heavy (non-hydrogen) atoms. The van der Waals surface area contributed by atoms with Crippen molar-refractivity contribution in [3.8, 4) is 11.5 Å². The van der Waals surface area contributed by atoms with Crippen molar-refractivity contribution in [2.75, 3.05) is 20.2 Å². The van der Waals surface area contributed by atoms with Crippen LogP contribution in [0.15, 0.2) is 66.9 Å². The van der Waals surface area contributed by atoms with E-state index in [1.807, 2.05) is 36.5 Å². The summed E-state index contributed by atoms with van der Waals surface area (Å²) in [5, 5.41) is 11.9. The molecule has 5 atom stereocenters. The molecule has 1 saturated heterocycles. The number of unbranched alkanes of at least 4 members (excludes halogenated alkanes) is 1. The van der Waals surface area contributed by atoms with Gasteiger partial charge < -0.3 is 19.5 Å². The third-order valence-corrected chi connectivity index (χ3v) is 8.40. The van der Waals surface area contributed by atoms with Crippen LogP contribution in [0.3, 0.4) is 0 Å². The first-order valence-electron chi connectivity index (χ1n) is 13.6. The summed E-state index contributed by atoms with van der Waals surface area (Å²) < 4.78 is 41.5. The van der Waals surface area contributed by atoms with Gasteiger partial charge >= 0.3 is 6.68 Å². The number of para-hydroxylation sites is 1. The highest BCUT2D eigenvalue weighted by atomic mass is 19.4. The Labute approximate surface area is 227 Å². The number of rotatable bonds is 4. The number of hydrogen-bond donors (Lipinski definition) is 1. The number of likely N-dealkylation sites (N-methyl/N-ethyl adjacent to an activating group) is 1. The van der Waals surface area contributed by atoms with Crippen molar-refractivity contribution in [2.24, 2.45) is 5.92 Å².